The lowest BCUT2D eigenvalue weighted by atomic mass is 9.85. The van der Waals surface area contributed by atoms with E-state index in [0.717, 1.165) is 16.9 Å². The molecule has 14 heavy (non-hydrogen) atoms. The maximum absolute atomic E-state index is 9.26. The number of aliphatic hydroxyl groups is 1. The van der Waals surface area contributed by atoms with Crippen LogP contribution in [0.5, 0.6) is 5.75 Å². The van der Waals surface area contributed by atoms with Crippen LogP contribution in [0.2, 0.25) is 0 Å². The zero-order valence-electron chi connectivity index (χ0n) is 9.29. The fourth-order valence-electron chi connectivity index (χ4n) is 1.35. The molecule has 0 aromatic heterocycles. The Balaban J connectivity index is 3.15. The highest BCUT2D eigenvalue weighted by atomic mass is 16.5. The average molecular weight is 194 g/mol. The van der Waals surface area contributed by atoms with Gasteiger partial charge in [0.05, 0.1) is 13.7 Å². The fourth-order valence-corrected chi connectivity index (χ4v) is 1.35. The Morgan fingerprint density at radius 1 is 1.29 bits per heavy atom. The quantitative estimate of drug-likeness (QED) is 0.799. The number of ether oxygens (including phenoxy) is 1. The molecule has 0 saturated carbocycles. The molecule has 0 heterocycles. The van der Waals surface area contributed by atoms with Crippen molar-refractivity contribution < 1.29 is 9.84 Å². The number of aryl methyl sites for hydroxylation is 1. The van der Waals surface area contributed by atoms with Gasteiger partial charge in [-0.25, -0.2) is 0 Å². The van der Waals surface area contributed by atoms with Crippen molar-refractivity contribution in [2.45, 2.75) is 26.2 Å². The minimum Gasteiger partial charge on any atom is -0.497 e. The first-order valence-corrected chi connectivity index (χ1v) is 4.76. The van der Waals surface area contributed by atoms with Crippen LogP contribution < -0.4 is 4.74 Å². The van der Waals surface area contributed by atoms with Gasteiger partial charge in [-0.15, -0.1) is 0 Å². The molecule has 0 unspecified atom stereocenters. The van der Waals surface area contributed by atoms with Crippen molar-refractivity contribution in [2.24, 2.45) is 0 Å². The SMILES string of the molecule is COc1cc(C)cc(C(C)(C)CO)c1. The van der Waals surface area contributed by atoms with Crippen molar-refractivity contribution >= 4 is 0 Å². The van der Waals surface area contributed by atoms with Crippen LogP contribution in [-0.4, -0.2) is 18.8 Å². The maximum atomic E-state index is 9.26. The van der Waals surface area contributed by atoms with Crippen molar-refractivity contribution in [3.8, 4) is 5.75 Å². The second-order valence-corrected chi connectivity index (χ2v) is 4.28. The first-order chi connectivity index (χ1) is 6.49. The van der Waals surface area contributed by atoms with E-state index in [0.29, 0.717) is 0 Å². The van der Waals surface area contributed by atoms with Gasteiger partial charge in [0, 0.05) is 5.41 Å². The van der Waals surface area contributed by atoms with Crippen LogP contribution in [0, 0.1) is 6.92 Å². The molecule has 78 valence electrons. The highest BCUT2D eigenvalue weighted by Crippen LogP contribution is 2.27. The molecule has 0 saturated heterocycles. The maximum Gasteiger partial charge on any atom is 0.119 e. The second kappa shape index (κ2) is 4.01. The van der Waals surface area contributed by atoms with E-state index in [4.69, 9.17) is 4.74 Å². The Labute approximate surface area is 85.5 Å². The van der Waals surface area contributed by atoms with Crippen molar-refractivity contribution in [3.63, 3.8) is 0 Å². The lowest BCUT2D eigenvalue weighted by molar-refractivity contribution is 0.218. The third-order valence-corrected chi connectivity index (χ3v) is 2.46. The average Bonchev–Trinajstić information content (AvgIpc) is 2.16. The van der Waals surface area contributed by atoms with E-state index in [9.17, 15) is 5.11 Å². The Bertz CT molecular complexity index is 316. The normalized spacial score (nSPS) is 11.5. The standard InChI is InChI=1S/C12H18O2/c1-9-5-10(12(2,3)8-13)7-11(6-9)14-4/h5-7,13H,8H2,1-4H3. The molecule has 0 amide bonds. The minimum absolute atomic E-state index is 0.138. The smallest absolute Gasteiger partial charge is 0.119 e. The molecule has 0 atom stereocenters. The summed E-state index contributed by atoms with van der Waals surface area (Å²) in [6.45, 7) is 6.20. The number of aliphatic hydroxyl groups excluding tert-OH is 1. The topological polar surface area (TPSA) is 29.5 Å². The van der Waals surface area contributed by atoms with Crippen molar-refractivity contribution in [1.29, 1.82) is 0 Å². The van der Waals surface area contributed by atoms with E-state index in [-0.39, 0.29) is 12.0 Å². The fraction of sp³-hybridized carbons (Fsp3) is 0.500. The molecule has 0 radical (unpaired) electrons. The van der Waals surface area contributed by atoms with Crippen LogP contribution in [0.4, 0.5) is 0 Å². The predicted molar refractivity (Wildman–Crippen MR) is 57.8 cm³/mol. The van der Waals surface area contributed by atoms with E-state index >= 15 is 0 Å². The van der Waals surface area contributed by atoms with Gasteiger partial charge in [-0.2, -0.15) is 0 Å². The van der Waals surface area contributed by atoms with Crippen LogP contribution in [0.25, 0.3) is 0 Å². The summed E-state index contributed by atoms with van der Waals surface area (Å²) in [5, 5.41) is 9.26. The van der Waals surface area contributed by atoms with Gasteiger partial charge in [-0.05, 0) is 30.2 Å². The van der Waals surface area contributed by atoms with Crippen LogP contribution >= 0.6 is 0 Å². The summed E-state index contributed by atoms with van der Waals surface area (Å²) >= 11 is 0. The third-order valence-electron chi connectivity index (χ3n) is 2.46. The summed E-state index contributed by atoms with van der Waals surface area (Å²) in [4.78, 5) is 0. The summed E-state index contributed by atoms with van der Waals surface area (Å²) in [5.41, 5.74) is 2.05. The van der Waals surface area contributed by atoms with Crippen LogP contribution in [0.3, 0.4) is 0 Å². The summed E-state index contributed by atoms with van der Waals surface area (Å²) in [6, 6.07) is 6.04. The van der Waals surface area contributed by atoms with Crippen LogP contribution in [0.15, 0.2) is 18.2 Å². The Hall–Kier alpha value is -1.02. The van der Waals surface area contributed by atoms with Crippen LogP contribution in [-0.2, 0) is 5.41 Å². The monoisotopic (exact) mass is 194 g/mol. The number of hydrogen-bond donors (Lipinski definition) is 1. The molecule has 2 heteroatoms. The van der Waals surface area contributed by atoms with Gasteiger partial charge < -0.3 is 9.84 Å². The van der Waals surface area contributed by atoms with Gasteiger partial charge in [0.25, 0.3) is 0 Å². The molecule has 0 fully saturated rings. The highest BCUT2D eigenvalue weighted by molar-refractivity contribution is 5.37. The molecule has 1 N–H and O–H groups in total. The Morgan fingerprint density at radius 2 is 1.93 bits per heavy atom. The van der Waals surface area contributed by atoms with E-state index < -0.39 is 0 Å². The lowest BCUT2D eigenvalue weighted by Crippen LogP contribution is -2.22. The first kappa shape index (κ1) is 11.1. The second-order valence-electron chi connectivity index (χ2n) is 4.28. The van der Waals surface area contributed by atoms with Gasteiger partial charge in [0.15, 0.2) is 0 Å². The Morgan fingerprint density at radius 3 is 2.43 bits per heavy atom. The van der Waals surface area contributed by atoms with Crippen LogP contribution in [0.1, 0.15) is 25.0 Å². The van der Waals surface area contributed by atoms with E-state index in [1.54, 1.807) is 7.11 Å². The largest absolute Gasteiger partial charge is 0.497 e. The zero-order chi connectivity index (χ0) is 10.8. The lowest BCUT2D eigenvalue weighted by Gasteiger charge is -2.23. The highest BCUT2D eigenvalue weighted by Gasteiger charge is 2.20. The molecule has 0 spiro atoms. The molecule has 0 bridgehead atoms. The molecule has 0 aliphatic carbocycles. The number of methoxy groups -OCH3 is 1. The number of benzene rings is 1. The third kappa shape index (κ3) is 2.26. The van der Waals surface area contributed by atoms with Crippen molar-refractivity contribution in [1.82, 2.24) is 0 Å². The summed E-state index contributed by atoms with van der Waals surface area (Å²) in [6.07, 6.45) is 0. The van der Waals surface area contributed by atoms with Gasteiger partial charge in [0.1, 0.15) is 5.75 Å². The number of rotatable bonds is 3. The molecular weight excluding hydrogens is 176 g/mol. The van der Waals surface area contributed by atoms with E-state index in [1.165, 1.54) is 0 Å². The molecule has 1 aromatic rings. The predicted octanol–water partition coefficient (Wildman–Crippen LogP) is 2.27. The van der Waals surface area contributed by atoms with Crippen molar-refractivity contribution in [3.05, 3.63) is 29.3 Å². The first-order valence-electron chi connectivity index (χ1n) is 4.76. The molecule has 2 nitrogen and oxygen atoms in total. The Kier molecular flexibility index (Phi) is 3.17. The molecule has 1 aromatic carbocycles. The van der Waals surface area contributed by atoms with Gasteiger partial charge >= 0.3 is 0 Å². The molecule has 0 aliphatic heterocycles. The van der Waals surface area contributed by atoms with E-state index in [2.05, 4.69) is 6.07 Å². The van der Waals surface area contributed by atoms with Gasteiger partial charge in [-0.3, -0.25) is 0 Å². The molecule has 1 rings (SSSR count). The molecular formula is C12H18O2. The zero-order valence-corrected chi connectivity index (χ0v) is 9.29. The minimum atomic E-state index is -0.209. The van der Waals surface area contributed by atoms with Gasteiger partial charge in [0.2, 0.25) is 0 Å². The summed E-state index contributed by atoms with van der Waals surface area (Å²) in [7, 11) is 1.66. The molecule has 0 aliphatic rings. The van der Waals surface area contributed by atoms with Crippen molar-refractivity contribution in [2.75, 3.05) is 13.7 Å². The van der Waals surface area contributed by atoms with E-state index in [1.807, 2.05) is 32.9 Å². The summed E-state index contributed by atoms with van der Waals surface area (Å²) in [5.74, 6) is 0.849. The number of hydrogen-bond acceptors (Lipinski definition) is 2. The van der Waals surface area contributed by atoms with Gasteiger partial charge in [-0.1, -0.05) is 19.9 Å². The summed E-state index contributed by atoms with van der Waals surface area (Å²) < 4.78 is 5.19.